The number of carbonyl (C=O) groups is 1. The third-order valence-corrected chi connectivity index (χ3v) is 5.59. The Labute approximate surface area is 195 Å². The maximum Gasteiger partial charge on any atom is 0.319 e. The van der Waals surface area contributed by atoms with Crippen molar-refractivity contribution in [1.82, 2.24) is 30.6 Å². The van der Waals surface area contributed by atoms with Gasteiger partial charge in [-0.2, -0.15) is 5.21 Å². The predicted molar refractivity (Wildman–Crippen MR) is 119 cm³/mol. The quantitative estimate of drug-likeness (QED) is 0.307. The number of pyridine rings is 2. The summed E-state index contributed by atoms with van der Waals surface area (Å²) in [4.78, 5) is 20.6. The number of carboxylic acids is 1. The van der Waals surface area contributed by atoms with Gasteiger partial charge in [-0.05, 0) is 49.4 Å². The molecular weight excluding hydrogens is 468 g/mol. The van der Waals surface area contributed by atoms with E-state index in [-0.39, 0.29) is 17.3 Å². The van der Waals surface area contributed by atoms with Gasteiger partial charge in [0.2, 0.25) is 5.82 Å². The van der Waals surface area contributed by atoms with Crippen LogP contribution in [0, 0.1) is 11.6 Å². The molecule has 0 atom stereocenters. The van der Waals surface area contributed by atoms with Crippen LogP contribution in [0.4, 0.5) is 20.4 Å². The van der Waals surface area contributed by atoms with Crippen molar-refractivity contribution in [3.8, 4) is 22.9 Å². The summed E-state index contributed by atoms with van der Waals surface area (Å²) in [5.74, 6) is -1.90. The summed E-state index contributed by atoms with van der Waals surface area (Å²) in [7, 11) is 0. The van der Waals surface area contributed by atoms with Gasteiger partial charge in [-0.3, -0.25) is 4.79 Å². The highest BCUT2D eigenvalue weighted by Gasteiger charge is 2.29. The molecule has 0 aliphatic carbocycles. The van der Waals surface area contributed by atoms with Crippen molar-refractivity contribution in [2.45, 2.75) is 23.5 Å². The van der Waals surface area contributed by atoms with Gasteiger partial charge in [-0.1, -0.05) is 0 Å². The average Bonchev–Trinajstić information content (AvgIpc) is 3.33. The Hall–Kier alpha value is -4.13. The normalized spacial score (nSPS) is 11.3. The first-order valence-corrected chi connectivity index (χ1v) is 10.6. The number of ether oxygens (including phenoxy) is 1. The highest BCUT2D eigenvalue weighted by molar-refractivity contribution is 8.01. The van der Waals surface area contributed by atoms with E-state index in [4.69, 9.17) is 4.74 Å². The molecule has 0 amide bonds. The van der Waals surface area contributed by atoms with Gasteiger partial charge < -0.3 is 15.2 Å². The number of anilines is 2. The second-order valence-corrected chi connectivity index (χ2v) is 9.10. The molecule has 0 radical (unpaired) electrons. The first-order valence-electron chi connectivity index (χ1n) is 9.73. The van der Waals surface area contributed by atoms with Gasteiger partial charge in [0.25, 0.3) is 0 Å². The van der Waals surface area contributed by atoms with E-state index in [2.05, 4.69) is 35.9 Å². The minimum Gasteiger partial charge on any atom is -0.480 e. The number of hydrogen-bond donors (Lipinski definition) is 3. The second-order valence-electron chi connectivity index (χ2n) is 7.41. The molecule has 0 fully saturated rings. The number of halogens is 2. The number of aromatic amines is 1. The molecule has 4 rings (SSSR count). The minimum atomic E-state index is -1.14. The Balaban J connectivity index is 1.64. The molecule has 3 aromatic heterocycles. The predicted octanol–water partition coefficient (Wildman–Crippen LogP) is 4.43. The molecule has 174 valence electrons. The fraction of sp³-hybridized carbons (Fsp3) is 0.143. The Morgan fingerprint density at radius 1 is 1.12 bits per heavy atom. The maximum atomic E-state index is 13.7. The fourth-order valence-corrected chi connectivity index (χ4v) is 3.61. The van der Waals surface area contributed by atoms with Crippen LogP contribution in [-0.4, -0.2) is 46.4 Å². The average molecular weight is 485 g/mol. The Morgan fingerprint density at radius 3 is 2.59 bits per heavy atom. The largest absolute Gasteiger partial charge is 0.480 e. The standard InChI is InChI=1S/C21H17F2N7O3S/c1-21(2,20(31)32)34-13-8-16(33-12-4-5-14(22)15(23)7-12)19(25-10-13)26-17-6-3-11(9-24-17)18-27-29-30-28-18/h3-10H,1-2H3,(H,31,32)(H,24,25,26)(H,27,28,29,30). The highest BCUT2D eigenvalue weighted by Crippen LogP contribution is 2.38. The topological polar surface area (TPSA) is 139 Å². The van der Waals surface area contributed by atoms with E-state index in [0.717, 1.165) is 23.9 Å². The van der Waals surface area contributed by atoms with E-state index in [1.54, 1.807) is 32.0 Å². The molecule has 3 heterocycles. The molecule has 34 heavy (non-hydrogen) atoms. The van der Waals surface area contributed by atoms with E-state index in [1.807, 2.05) is 0 Å². The number of nitrogens with one attached hydrogen (secondary N) is 2. The van der Waals surface area contributed by atoms with Crippen LogP contribution in [0.2, 0.25) is 0 Å². The van der Waals surface area contributed by atoms with Crippen molar-refractivity contribution in [3.05, 3.63) is 60.4 Å². The Morgan fingerprint density at radius 2 is 1.94 bits per heavy atom. The molecule has 0 unspecified atom stereocenters. The van der Waals surface area contributed by atoms with Gasteiger partial charge in [-0.15, -0.1) is 22.0 Å². The number of rotatable bonds is 8. The van der Waals surface area contributed by atoms with Crippen LogP contribution in [0.3, 0.4) is 0 Å². The summed E-state index contributed by atoms with van der Waals surface area (Å²) in [6.07, 6.45) is 3.01. The third kappa shape index (κ3) is 5.26. The van der Waals surface area contributed by atoms with Crippen LogP contribution in [0.15, 0.2) is 53.7 Å². The third-order valence-electron chi connectivity index (χ3n) is 4.45. The summed E-state index contributed by atoms with van der Waals surface area (Å²) in [6, 6.07) is 8.04. The first kappa shape index (κ1) is 23.0. The van der Waals surface area contributed by atoms with Crippen LogP contribution in [-0.2, 0) is 4.79 Å². The Kier molecular flexibility index (Phi) is 6.36. The number of aliphatic carboxylic acids is 1. The smallest absolute Gasteiger partial charge is 0.319 e. The van der Waals surface area contributed by atoms with Gasteiger partial charge in [-0.25, -0.2) is 18.7 Å². The van der Waals surface area contributed by atoms with Gasteiger partial charge in [0.15, 0.2) is 23.2 Å². The minimum absolute atomic E-state index is 0.0313. The Bertz CT molecular complexity index is 1320. The molecule has 0 bridgehead atoms. The second kappa shape index (κ2) is 9.39. The van der Waals surface area contributed by atoms with Gasteiger partial charge in [0.05, 0.1) is 0 Å². The van der Waals surface area contributed by atoms with Crippen LogP contribution in [0.25, 0.3) is 11.4 Å². The van der Waals surface area contributed by atoms with E-state index in [9.17, 15) is 18.7 Å². The summed E-state index contributed by atoms with van der Waals surface area (Å²) in [5, 5.41) is 26.0. The zero-order chi connectivity index (χ0) is 24.3. The van der Waals surface area contributed by atoms with E-state index in [1.165, 1.54) is 18.5 Å². The van der Waals surface area contributed by atoms with Gasteiger partial charge >= 0.3 is 5.97 Å². The van der Waals surface area contributed by atoms with Crippen molar-refractivity contribution in [1.29, 1.82) is 0 Å². The number of carboxylic acid groups (broad SMARTS) is 1. The summed E-state index contributed by atoms with van der Waals surface area (Å²) < 4.78 is 31.6. The fourth-order valence-electron chi connectivity index (χ4n) is 2.67. The molecule has 10 nitrogen and oxygen atoms in total. The van der Waals surface area contributed by atoms with Crippen molar-refractivity contribution in [2.75, 3.05) is 5.32 Å². The lowest BCUT2D eigenvalue weighted by molar-refractivity contribution is -0.138. The van der Waals surface area contributed by atoms with Crippen LogP contribution >= 0.6 is 11.8 Å². The molecule has 0 aliphatic heterocycles. The van der Waals surface area contributed by atoms with Crippen LogP contribution < -0.4 is 10.1 Å². The van der Waals surface area contributed by atoms with E-state index in [0.29, 0.717) is 22.1 Å². The molecule has 3 N–H and O–H groups in total. The summed E-state index contributed by atoms with van der Waals surface area (Å²) in [5.41, 5.74) is 0.633. The van der Waals surface area contributed by atoms with Crippen molar-refractivity contribution >= 4 is 29.4 Å². The van der Waals surface area contributed by atoms with E-state index >= 15 is 0 Å². The van der Waals surface area contributed by atoms with Crippen molar-refractivity contribution in [2.24, 2.45) is 0 Å². The molecule has 0 saturated carbocycles. The van der Waals surface area contributed by atoms with Crippen LogP contribution in [0.1, 0.15) is 13.8 Å². The molecule has 13 heteroatoms. The molecule has 4 aromatic rings. The monoisotopic (exact) mass is 485 g/mol. The molecule has 0 saturated heterocycles. The zero-order valence-electron chi connectivity index (χ0n) is 17.8. The lowest BCUT2D eigenvalue weighted by atomic mass is 10.2. The molecule has 1 aromatic carbocycles. The summed E-state index contributed by atoms with van der Waals surface area (Å²) >= 11 is 1.06. The number of H-pyrrole nitrogens is 1. The SMILES string of the molecule is CC(C)(Sc1cnc(Nc2ccc(-c3nn[nH]n3)cn2)c(Oc2ccc(F)c(F)c2)c1)C(=O)O. The first-order chi connectivity index (χ1) is 16.2. The van der Waals surface area contributed by atoms with Crippen molar-refractivity contribution < 1.29 is 23.4 Å². The highest BCUT2D eigenvalue weighted by atomic mass is 32.2. The number of nitrogens with zero attached hydrogens (tertiary/aromatic N) is 5. The maximum absolute atomic E-state index is 13.7. The number of benzene rings is 1. The van der Waals surface area contributed by atoms with Crippen LogP contribution in [0.5, 0.6) is 11.5 Å². The van der Waals surface area contributed by atoms with Gasteiger partial charge in [0, 0.05) is 28.9 Å². The number of hydrogen-bond acceptors (Lipinski definition) is 9. The lowest BCUT2D eigenvalue weighted by Crippen LogP contribution is -2.26. The molecule has 0 spiro atoms. The number of tetrazole rings is 1. The number of aromatic nitrogens is 6. The molecular formula is C21H17F2N7O3S. The van der Waals surface area contributed by atoms with Gasteiger partial charge in [0.1, 0.15) is 16.3 Å². The lowest BCUT2D eigenvalue weighted by Gasteiger charge is -2.19. The van der Waals surface area contributed by atoms with Crippen molar-refractivity contribution in [3.63, 3.8) is 0 Å². The molecule has 0 aliphatic rings. The van der Waals surface area contributed by atoms with E-state index < -0.39 is 22.4 Å². The number of thioether (sulfide) groups is 1. The summed E-state index contributed by atoms with van der Waals surface area (Å²) in [6.45, 7) is 3.11. The zero-order valence-corrected chi connectivity index (χ0v) is 18.6.